The van der Waals surface area contributed by atoms with Gasteiger partial charge in [-0.2, -0.15) is 0 Å². The molecule has 0 saturated heterocycles. The molecule has 1 atom stereocenters. The second-order valence-electron chi connectivity index (χ2n) is 18.8. The number of hydrogen-bond donors (Lipinski definition) is 0. The molecule has 0 saturated carbocycles. The Kier molecular flexibility index (Phi) is 12.3. The SMILES string of the molecule is [2H]C(C)(c1cc(-c2[c-]cc(C(C)(C)C)cc2)ncc1[Si](C)(C)C)C(C)C.[2H]C([2H])([2H])c1cc(-c2[c-]ccc3c2oc2cc(-c4ccccc4)cc(-c4ccccc4)c23)ncc1-c1ccccc1.[Ir]. The molecule has 0 spiro atoms. The first-order valence-corrected chi connectivity index (χ1v) is 25.3. The van der Waals surface area contributed by atoms with E-state index < -0.39 is 20.8 Å². The first kappa shape index (κ1) is 41.0. The second kappa shape index (κ2) is 19.2. The van der Waals surface area contributed by atoms with Gasteiger partial charge < -0.3 is 14.4 Å². The van der Waals surface area contributed by atoms with Crippen molar-refractivity contribution in [2.75, 3.05) is 0 Å². The molecule has 325 valence electrons. The monoisotopic (exact) mass is 1040 g/mol. The summed E-state index contributed by atoms with van der Waals surface area (Å²) in [4.78, 5) is 9.49. The van der Waals surface area contributed by atoms with Crippen LogP contribution in [-0.4, -0.2) is 18.0 Å². The van der Waals surface area contributed by atoms with Crippen LogP contribution in [0.4, 0.5) is 0 Å². The number of aromatic nitrogens is 2. The summed E-state index contributed by atoms with van der Waals surface area (Å²) in [5.74, 6) is -0.390. The van der Waals surface area contributed by atoms with Gasteiger partial charge in [-0.1, -0.05) is 181 Å². The summed E-state index contributed by atoms with van der Waals surface area (Å²) in [6.07, 6.45) is 3.67. The van der Waals surface area contributed by atoms with Gasteiger partial charge in [0.25, 0.3) is 0 Å². The van der Waals surface area contributed by atoms with Gasteiger partial charge in [-0.05, 0) is 86.2 Å². The molecule has 0 N–H and O–H groups in total. The predicted octanol–water partition coefficient (Wildman–Crippen LogP) is 15.9. The van der Waals surface area contributed by atoms with E-state index in [1.807, 2.05) is 92.0 Å². The Balaban J connectivity index is 0.000000220. The van der Waals surface area contributed by atoms with Crippen LogP contribution in [0.3, 0.4) is 0 Å². The molecule has 3 aromatic heterocycles. The summed E-state index contributed by atoms with van der Waals surface area (Å²) in [6, 6.07) is 55.0. The van der Waals surface area contributed by atoms with Gasteiger partial charge in [0.15, 0.2) is 0 Å². The van der Waals surface area contributed by atoms with Crippen molar-refractivity contribution in [2.45, 2.75) is 79.3 Å². The molecule has 1 radical (unpaired) electrons. The fourth-order valence-electron chi connectivity index (χ4n) is 8.03. The minimum absolute atomic E-state index is 0. The largest absolute Gasteiger partial charge is 0.501 e. The zero-order valence-electron chi connectivity index (χ0n) is 42.2. The van der Waals surface area contributed by atoms with E-state index in [2.05, 4.69) is 127 Å². The predicted molar refractivity (Wildman–Crippen MR) is 270 cm³/mol. The molecule has 1 unspecified atom stereocenters. The average molecular weight is 1040 g/mol. The molecule has 9 aromatic rings. The third-order valence-electron chi connectivity index (χ3n) is 11.9. The van der Waals surface area contributed by atoms with E-state index in [0.29, 0.717) is 22.4 Å². The standard InChI is InChI=1S/C36H24NO.C23H34NSi.Ir/c1-24-20-33(37-23-32(24)27-16-9-4-10-17-27)29-18-11-19-30-35-31(26-14-7-3-8-15-26)21-28(22-34(35)38-36(29)30)25-12-5-2-6-13-25;1-16(2)17(3)20-14-21(24-15-22(20)25(7,8)9)18-10-12-19(13-11-18)23(4,5)6;/h2-17,19-23H,1H3;10,12-17H,1-9H3;/q2*-1;/i1D3;17D;. The first-order chi connectivity index (χ1) is 31.7. The Bertz CT molecular complexity index is 3170. The maximum Gasteiger partial charge on any atom is 0.122 e. The summed E-state index contributed by atoms with van der Waals surface area (Å²) in [6.45, 7) is 17.6. The molecule has 3 heterocycles. The van der Waals surface area contributed by atoms with Crippen LogP contribution in [0.5, 0.6) is 0 Å². The smallest absolute Gasteiger partial charge is 0.122 e. The van der Waals surface area contributed by atoms with Gasteiger partial charge in [0.1, 0.15) is 5.58 Å². The Morgan fingerprint density at radius 3 is 1.88 bits per heavy atom. The van der Waals surface area contributed by atoms with Crippen LogP contribution in [0.2, 0.25) is 19.6 Å². The number of aryl methyl sites for hydroxylation is 1. The third kappa shape index (κ3) is 9.83. The number of rotatable bonds is 8. The van der Waals surface area contributed by atoms with E-state index in [9.17, 15) is 0 Å². The number of nitrogens with zero attached hydrogens (tertiary/aromatic N) is 2. The topological polar surface area (TPSA) is 38.9 Å². The van der Waals surface area contributed by atoms with Gasteiger partial charge >= 0.3 is 0 Å². The van der Waals surface area contributed by atoms with Crippen molar-refractivity contribution >= 4 is 35.2 Å². The zero-order valence-corrected chi connectivity index (χ0v) is 41.6. The summed E-state index contributed by atoms with van der Waals surface area (Å²) in [5, 5.41) is 3.22. The Hall–Kier alpha value is -5.71. The number of hydrogen-bond acceptors (Lipinski definition) is 3. The van der Waals surface area contributed by atoms with Crippen molar-refractivity contribution in [2.24, 2.45) is 5.92 Å². The maximum atomic E-state index is 9.00. The van der Waals surface area contributed by atoms with Gasteiger partial charge in [0.05, 0.1) is 13.7 Å². The van der Waals surface area contributed by atoms with Crippen LogP contribution < -0.4 is 5.19 Å². The van der Waals surface area contributed by atoms with Gasteiger partial charge in [-0.15, -0.1) is 53.6 Å². The molecule has 9 rings (SSSR count). The van der Waals surface area contributed by atoms with Crippen molar-refractivity contribution in [3.63, 3.8) is 0 Å². The van der Waals surface area contributed by atoms with Gasteiger partial charge in [-0.25, -0.2) is 0 Å². The summed E-state index contributed by atoms with van der Waals surface area (Å²) in [5.41, 5.74) is 12.9. The molecule has 0 aliphatic carbocycles. The molecule has 5 heteroatoms. The molecule has 0 aliphatic heterocycles. The molecule has 3 nitrogen and oxygen atoms in total. The average Bonchev–Trinajstić information content (AvgIpc) is 3.70. The Morgan fingerprint density at radius 2 is 1.30 bits per heavy atom. The van der Waals surface area contributed by atoms with Gasteiger partial charge in [0, 0.05) is 48.9 Å². The number of furan rings is 1. The van der Waals surface area contributed by atoms with Crippen molar-refractivity contribution < 1.29 is 30.0 Å². The minimum Gasteiger partial charge on any atom is -0.501 e. The molecule has 0 fully saturated rings. The van der Waals surface area contributed by atoms with Crippen molar-refractivity contribution in [3.8, 4) is 55.9 Å². The molecule has 0 aliphatic rings. The van der Waals surface area contributed by atoms with E-state index in [0.717, 1.165) is 61.0 Å². The molecular weight excluding hydrogens is 973 g/mol. The first-order valence-electron chi connectivity index (χ1n) is 23.8. The fourth-order valence-corrected chi connectivity index (χ4v) is 9.56. The van der Waals surface area contributed by atoms with Crippen molar-refractivity contribution in [1.29, 1.82) is 0 Å². The second-order valence-corrected chi connectivity index (χ2v) is 23.8. The molecular formula is C59H58IrN2OSi-2. The zero-order chi connectivity index (χ0) is 47.9. The van der Waals surface area contributed by atoms with E-state index in [4.69, 9.17) is 19.9 Å². The fraction of sp³-hybridized carbons (Fsp3) is 0.220. The van der Waals surface area contributed by atoms with E-state index in [1.54, 1.807) is 12.3 Å². The summed E-state index contributed by atoms with van der Waals surface area (Å²) in [7, 11) is -1.58. The molecule has 6 aromatic carbocycles. The van der Waals surface area contributed by atoms with Gasteiger partial charge in [0.2, 0.25) is 0 Å². The molecule has 0 amide bonds. The van der Waals surface area contributed by atoms with Crippen molar-refractivity contribution in [3.05, 3.63) is 187 Å². The van der Waals surface area contributed by atoms with Crippen LogP contribution in [-0.2, 0) is 25.5 Å². The molecule has 64 heavy (non-hydrogen) atoms. The van der Waals surface area contributed by atoms with E-state index in [1.165, 1.54) is 10.8 Å². The quantitative estimate of drug-likeness (QED) is 0.112. The number of benzene rings is 6. The molecule has 0 bridgehead atoms. The van der Waals surface area contributed by atoms with E-state index in [-0.39, 0.29) is 37.0 Å². The number of pyridine rings is 2. The maximum absolute atomic E-state index is 9.00. The summed E-state index contributed by atoms with van der Waals surface area (Å²) >= 11 is 0. The van der Waals surface area contributed by atoms with E-state index >= 15 is 0 Å². The normalized spacial score (nSPS) is 13.8. The van der Waals surface area contributed by atoms with Crippen LogP contribution in [0.15, 0.2) is 162 Å². The minimum atomic E-state index is -2.32. The Morgan fingerprint density at radius 1 is 0.672 bits per heavy atom. The van der Waals surface area contributed by atoms with Crippen LogP contribution in [0.25, 0.3) is 77.8 Å². The Labute approximate surface area is 401 Å². The van der Waals surface area contributed by atoms with Crippen molar-refractivity contribution in [1.82, 2.24) is 9.97 Å². The third-order valence-corrected chi connectivity index (χ3v) is 13.9. The summed E-state index contributed by atoms with van der Waals surface area (Å²) < 4.78 is 40.4. The number of fused-ring (bicyclic) bond motifs is 3. The van der Waals surface area contributed by atoms with Crippen LogP contribution in [0.1, 0.15) is 69.6 Å². The van der Waals surface area contributed by atoms with Gasteiger partial charge in [-0.3, -0.25) is 0 Å². The van der Waals surface area contributed by atoms with Crippen LogP contribution in [0, 0.1) is 24.9 Å². The van der Waals surface area contributed by atoms with Crippen LogP contribution >= 0.6 is 0 Å².